The van der Waals surface area contributed by atoms with Crippen LogP contribution in [0.1, 0.15) is 15.9 Å². The highest BCUT2D eigenvalue weighted by atomic mass is 35.5. The minimum atomic E-state index is -0.0709. The molecule has 0 saturated carbocycles. The van der Waals surface area contributed by atoms with Gasteiger partial charge in [-0.25, -0.2) is 0 Å². The molecule has 0 aliphatic heterocycles. The minimum absolute atomic E-state index is 0.0709. The molecule has 0 atom stereocenters. The third kappa shape index (κ3) is 3.71. The average molecular weight is 321 g/mol. The zero-order valence-electron chi connectivity index (χ0n) is 12.2. The van der Waals surface area contributed by atoms with E-state index in [1.807, 2.05) is 48.5 Å². The van der Waals surface area contributed by atoms with Crippen LogP contribution in [0.25, 0.3) is 0 Å². The second-order valence-electron chi connectivity index (χ2n) is 4.90. The summed E-state index contributed by atoms with van der Waals surface area (Å²) in [5, 5.41) is 8.75. The van der Waals surface area contributed by atoms with Crippen molar-refractivity contribution < 1.29 is 4.79 Å². The van der Waals surface area contributed by atoms with Crippen LogP contribution in [0.15, 0.2) is 89.1 Å². The number of halogens is 1. The number of hydrogen-bond donors (Lipinski definition) is 0. The van der Waals surface area contributed by atoms with Crippen molar-refractivity contribution in [2.75, 3.05) is 0 Å². The van der Waals surface area contributed by atoms with E-state index < -0.39 is 0 Å². The third-order valence-electron chi connectivity index (χ3n) is 3.27. The van der Waals surface area contributed by atoms with Crippen LogP contribution < -0.4 is 0 Å². The van der Waals surface area contributed by atoms with Crippen molar-refractivity contribution in [3.8, 4) is 0 Å². The predicted octanol–water partition coefficient (Wildman–Crippen LogP) is 5.99. The molecule has 0 bridgehead atoms. The summed E-state index contributed by atoms with van der Waals surface area (Å²) in [5.74, 6) is -0.0709. The van der Waals surface area contributed by atoms with Gasteiger partial charge >= 0.3 is 0 Å². The summed E-state index contributed by atoms with van der Waals surface area (Å²) in [4.78, 5) is 12.5. The SMILES string of the molecule is O=C(c1ccccc1)c1ccc(Cl)c(N=Nc2ccccc2)c1. The van der Waals surface area contributed by atoms with Gasteiger partial charge in [0.15, 0.2) is 5.78 Å². The monoisotopic (exact) mass is 320 g/mol. The Kier molecular flexibility index (Phi) is 4.60. The molecule has 0 heterocycles. The van der Waals surface area contributed by atoms with E-state index in [1.165, 1.54) is 0 Å². The maximum Gasteiger partial charge on any atom is 0.193 e. The second kappa shape index (κ2) is 6.99. The number of carbonyl (C=O) groups is 1. The molecule has 3 aromatic carbocycles. The Morgan fingerprint density at radius 3 is 2.09 bits per heavy atom. The largest absolute Gasteiger partial charge is 0.289 e. The zero-order valence-corrected chi connectivity index (χ0v) is 12.9. The van der Waals surface area contributed by atoms with Crippen molar-refractivity contribution in [2.45, 2.75) is 0 Å². The standard InChI is InChI=1S/C19H13ClN2O/c20-17-12-11-15(19(23)14-7-3-1-4-8-14)13-18(17)22-21-16-9-5-2-6-10-16/h1-13H. The number of hydrogen-bond acceptors (Lipinski definition) is 3. The molecule has 0 spiro atoms. The van der Waals surface area contributed by atoms with Gasteiger partial charge in [0, 0.05) is 11.1 Å². The van der Waals surface area contributed by atoms with E-state index in [9.17, 15) is 4.79 Å². The summed E-state index contributed by atoms with van der Waals surface area (Å²) in [6.45, 7) is 0. The van der Waals surface area contributed by atoms with Gasteiger partial charge in [0.25, 0.3) is 0 Å². The Bertz CT molecular complexity index is 846. The van der Waals surface area contributed by atoms with Gasteiger partial charge in [-0.1, -0.05) is 60.1 Å². The molecule has 4 heteroatoms. The van der Waals surface area contributed by atoms with Gasteiger partial charge in [0.2, 0.25) is 0 Å². The fourth-order valence-electron chi connectivity index (χ4n) is 2.09. The number of carbonyl (C=O) groups excluding carboxylic acids is 1. The summed E-state index contributed by atoms with van der Waals surface area (Å²) >= 11 is 6.15. The van der Waals surface area contributed by atoms with Crippen LogP contribution in [0.5, 0.6) is 0 Å². The molecule has 0 aliphatic rings. The van der Waals surface area contributed by atoms with E-state index in [1.54, 1.807) is 30.3 Å². The third-order valence-corrected chi connectivity index (χ3v) is 3.59. The number of ketones is 1. The van der Waals surface area contributed by atoms with Crippen molar-refractivity contribution in [1.29, 1.82) is 0 Å². The zero-order chi connectivity index (χ0) is 16.1. The molecular weight excluding hydrogens is 308 g/mol. The van der Waals surface area contributed by atoms with Gasteiger partial charge in [0.05, 0.1) is 10.7 Å². The summed E-state index contributed by atoms with van der Waals surface area (Å²) in [7, 11) is 0. The van der Waals surface area contributed by atoms with Gasteiger partial charge in [-0.15, -0.1) is 5.11 Å². The lowest BCUT2D eigenvalue weighted by atomic mass is 10.0. The van der Waals surface area contributed by atoms with E-state index in [0.29, 0.717) is 21.8 Å². The van der Waals surface area contributed by atoms with E-state index in [0.717, 1.165) is 5.69 Å². The summed E-state index contributed by atoms with van der Waals surface area (Å²) in [6, 6.07) is 23.5. The molecule has 0 N–H and O–H groups in total. The fraction of sp³-hybridized carbons (Fsp3) is 0. The van der Waals surface area contributed by atoms with Crippen LogP contribution in [0, 0.1) is 0 Å². The Hall–Kier alpha value is -2.78. The fourth-order valence-corrected chi connectivity index (χ4v) is 2.25. The summed E-state index contributed by atoms with van der Waals surface area (Å²) < 4.78 is 0. The molecule has 3 nitrogen and oxygen atoms in total. The number of nitrogens with zero attached hydrogens (tertiary/aromatic N) is 2. The molecule has 3 aromatic rings. The van der Waals surface area contributed by atoms with E-state index >= 15 is 0 Å². The Balaban J connectivity index is 1.91. The Morgan fingerprint density at radius 2 is 1.39 bits per heavy atom. The molecule has 0 saturated heterocycles. The van der Waals surface area contributed by atoms with Crippen LogP contribution in [-0.2, 0) is 0 Å². The molecule has 0 amide bonds. The topological polar surface area (TPSA) is 41.8 Å². The Labute approximate surface area is 139 Å². The highest BCUT2D eigenvalue weighted by Gasteiger charge is 2.11. The van der Waals surface area contributed by atoms with Crippen LogP contribution in [0.4, 0.5) is 11.4 Å². The van der Waals surface area contributed by atoms with Gasteiger partial charge in [0.1, 0.15) is 5.69 Å². The summed E-state index contributed by atoms with van der Waals surface area (Å²) in [5.41, 5.74) is 2.35. The smallest absolute Gasteiger partial charge is 0.193 e. The van der Waals surface area contributed by atoms with Gasteiger partial charge in [-0.3, -0.25) is 4.79 Å². The maximum absolute atomic E-state index is 12.5. The maximum atomic E-state index is 12.5. The normalized spacial score (nSPS) is 10.8. The molecule has 0 aliphatic carbocycles. The molecule has 0 radical (unpaired) electrons. The predicted molar refractivity (Wildman–Crippen MR) is 91.9 cm³/mol. The number of rotatable bonds is 4. The molecule has 0 aromatic heterocycles. The Morgan fingerprint density at radius 1 is 0.739 bits per heavy atom. The lowest BCUT2D eigenvalue weighted by Gasteiger charge is -2.03. The van der Waals surface area contributed by atoms with Crippen molar-refractivity contribution in [1.82, 2.24) is 0 Å². The van der Waals surface area contributed by atoms with E-state index in [-0.39, 0.29) is 5.78 Å². The number of benzene rings is 3. The molecule has 3 rings (SSSR count). The lowest BCUT2D eigenvalue weighted by Crippen LogP contribution is -2.00. The highest BCUT2D eigenvalue weighted by molar-refractivity contribution is 6.33. The van der Waals surface area contributed by atoms with Crippen molar-refractivity contribution in [2.24, 2.45) is 10.2 Å². The first-order valence-electron chi connectivity index (χ1n) is 7.10. The van der Waals surface area contributed by atoms with Crippen molar-refractivity contribution in [3.63, 3.8) is 0 Å². The first-order valence-corrected chi connectivity index (χ1v) is 7.48. The average Bonchev–Trinajstić information content (AvgIpc) is 2.62. The van der Waals surface area contributed by atoms with E-state index in [2.05, 4.69) is 10.2 Å². The van der Waals surface area contributed by atoms with Crippen molar-refractivity contribution in [3.05, 3.63) is 95.0 Å². The first-order chi connectivity index (χ1) is 11.2. The highest BCUT2D eigenvalue weighted by Crippen LogP contribution is 2.28. The van der Waals surface area contributed by atoms with Gasteiger partial charge < -0.3 is 0 Å². The molecular formula is C19H13ClN2O. The van der Waals surface area contributed by atoms with Gasteiger partial charge in [-0.2, -0.15) is 5.11 Å². The van der Waals surface area contributed by atoms with Gasteiger partial charge in [-0.05, 0) is 30.3 Å². The molecule has 0 unspecified atom stereocenters. The van der Waals surface area contributed by atoms with Crippen LogP contribution >= 0.6 is 11.6 Å². The quantitative estimate of drug-likeness (QED) is 0.430. The number of azo groups is 1. The first kappa shape index (κ1) is 15.1. The lowest BCUT2D eigenvalue weighted by molar-refractivity contribution is 0.103. The molecule has 23 heavy (non-hydrogen) atoms. The molecule has 0 fully saturated rings. The van der Waals surface area contributed by atoms with Crippen LogP contribution in [0.3, 0.4) is 0 Å². The van der Waals surface area contributed by atoms with Crippen LogP contribution in [0.2, 0.25) is 5.02 Å². The van der Waals surface area contributed by atoms with Crippen molar-refractivity contribution >= 4 is 28.8 Å². The van der Waals surface area contributed by atoms with E-state index in [4.69, 9.17) is 11.6 Å². The molecule has 112 valence electrons. The minimum Gasteiger partial charge on any atom is -0.289 e. The second-order valence-corrected chi connectivity index (χ2v) is 5.30. The van der Waals surface area contributed by atoms with Crippen LogP contribution in [-0.4, -0.2) is 5.78 Å². The summed E-state index contributed by atoms with van der Waals surface area (Å²) in [6.07, 6.45) is 0.